The first kappa shape index (κ1) is 13.6. The lowest BCUT2D eigenvalue weighted by molar-refractivity contribution is -0.121. The van der Waals surface area contributed by atoms with Crippen molar-refractivity contribution in [1.29, 1.82) is 0 Å². The maximum absolute atomic E-state index is 11.2. The summed E-state index contributed by atoms with van der Waals surface area (Å²) in [4.78, 5) is 22.3. The van der Waals surface area contributed by atoms with E-state index in [2.05, 4.69) is 20.2 Å². The van der Waals surface area contributed by atoms with Crippen molar-refractivity contribution in [3.8, 4) is 0 Å². The highest BCUT2D eigenvalue weighted by molar-refractivity contribution is 5.78. The number of hydrogen-bond donors (Lipinski definition) is 2. The van der Waals surface area contributed by atoms with Crippen molar-refractivity contribution in [3.05, 3.63) is 11.9 Å². The highest BCUT2D eigenvalue weighted by Gasteiger charge is 2.27. The number of primary amides is 1. The van der Waals surface area contributed by atoms with Gasteiger partial charge in [-0.15, -0.1) is 0 Å². The minimum absolute atomic E-state index is 0.0670. The van der Waals surface area contributed by atoms with Crippen LogP contribution in [0.3, 0.4) is 0 Å². The highest BCUT2D eigenvalue weighted by Crippen LogP contribution is 2.24. The lowest BCUT2D eigenvalue weighted by atomic mass is 10.1. The average molecular weight is 263 g/mol. The summed E-state index contributed by atoms with van der Waals surface area (Å²) in [7, 11) is 0. The van der Waals surface area contributed by atoms with E-state index in [0.29, 0.717) is 6.54 Å². The van der Waals surface area contributed by atoms with Crippen molar-refractivity contribution in [3.63, 3.8) is 0 Å². The molecule has 1 aliphatic rings. The summed E-state index contributed by atoms with van der Waals surface area (Å²) in [6.07, 6.45) is 1.59. The van der Waals surface area contributed by atoms with Crippen LogP contribution >= 0.6 is 0 Å². The Bertz CT molecular complexity index is 462. The average Bonchev–Trinajstić information content (AvgIpc) is 2.88. The summed E-state index contributed by atoms with van der Waals surface area (Å²) in [5.74, 6) is 2.25. The van der Waals surface area contributed by atoms with Gasteiger partial charge in [-0.3, -0.25) is 4.79 Å². The molecule has 3 N–H and O–H groups in total. The molecule has 1 atom stereocenters. The second-order valence-corrected chi connectivity index (χ2v) is 4.75. The molecule has 1 aromatic heterocycles. The van der Waals surface area contributed by atoms with Crippen LogP contribution in [0, 0.1) is 5.92 Å². The number of anilines is 2. The van der Waals surface area contributed by atoms with Gasteiger partial charge in [-0.05, 0) is 13.3 Å². The number of hydrogen-bond acceptors (Lipinski definition) is 5. The molecular formula is C13H21N5O. The number of carbonyl (C=O) groups excluding carboxylic acids is 1. The van der Waals surface area contributed by atoms with Crippen molar-refractivity contribution in [2.75, 3.05) is 29.9 Å². The molecule has 19 heavy (non-hydrogen) atoms. The number of amides is 1. The Balaban J connectivity index is 2.19. The van der Waals surface area contributed by atoms with Crippen LogP contribution in [-0.2, 0) is 11.2 Å². The number of nitrogens with two attached hydrogens (primary N) is 1. The minimum atomic E-state index is -0.223. The molecule has 1 fully saturated rings. The molecule has 1 saturated heterocycles. The topological polar surface area (TPSA) is 84.1 Å². The van der Waals surface area contributed by atoms with Gasteiger partial charge in [0.05, 0.1) is 5.92 Å². The summed E-state index contributed by atoms with van der Waals surface area (Å²) < 4.78 is 0. The fourth-order valence-corrected chi connectivity index (χ4v) is 2.28. The molecule has 1 aromatic rings. The van der Waals surface area contributed by atoms with Crippen molar-refractivity contribution in [2.45, 2.75) is 26.7 Å². The second-order valence-electron chi connectivity index (χ2n) is 4.75. The SMILES string of the molecule is CCNc1cc(N2CCC(C(N)=O)C2)nc(CC)n1. The van der Waals surface area contributed by atoms with Gasteiger partial charge in [-0.1, -0.05) is 6.92 Å². The van der Waals surface area contributed by atoms with Gasteiger partial charge in [-0.2, -0.15) is 0 Å². The van der Waals surface area contributed by atoms with Crippen LogP contribution in [0.25, 0.3) is 0 Å². The Morgan fingerprint density at radius 1 is 1.53 bits per heavy atom. The predicted molar refractivity (Wildman–Crippen MR) is 75.1 cm³/mol. The van der Waals surface area contributed by atoms with Crippen LogP contribution in [-0.4, -0.2) is 35.5 Å². The summed E-state index contributed by atoms with van der Waals surface area (Å²) in [5.41, 5.74) is 5.36. The molecule has 0 radical (unpaired) electrons. The van der Waals surface area contributed by atoms with Gasteiger partial charge in [0.1, 0.15) is 17.5 Å². The molecule has 0 saturated carbocycles. The molecule has 2 rings (SSSR count). The largest absolute Gasteiger partial charge is 0.370 e. The van der Waals surface area contributed by atoms with Gasteiger partial charge in [0.15, 0.2) is 0 Å². The van der Waals surface area contributed by atoms with Crippen molar-refractivity contribution in [1.82, 2.24) is 9.97 Å². The molecule has 0 aliphatic carbocycles. The second kappa shape index (κ2) is 5.86. The van der Waals surface area contributed by atoms with E-state index in [0.717, 1.165) is 43.4 Å². The minimum Gasteiger partial charge on any atom is -0.370 e. The summed E-state index contributed by atoms with van der Waals surface area (Å²) in [6.45, 7) is 6.36. The number of aryl methyl sites for hydroxylation is 1. The molecule has 1 aliphatic heterocycles. The molecule has 1 unspecified atom stereocenters. The molecule has 0 aromatic carbocycles. The first-order chi connectivity index (χ1) is 9.13. The Labute approximate surface area is 113 Å². The smallest absolute Gasteiger partial charge is 0.222 e. The Hall–Kier alpha value is -1.85. The molecule has 1 amide bonds. The van der Waals surface area contributed by atoms with Crippen molar-refractivity contribution < 1.29 is 4.79 Å². The molecule has 6 heteroatoms. The third-order valence-electron chi connectivity index (χ3n) is 3.35. The van der Waals surface area contributed by atoms with Crippen LogP contribution in [0.15, 0.2) is 6.07 Å². The van der Waals surface area contributed by atoms with E-state index in [4.69, 9.17) is 5.73 Å². The van der Waals surface area contributed by atoms with E-state index < -0.39 is 0 Å². The van der Waals surface area contributed by atoms with E-state index in [1.54, 1.807) is 0 Å². The molecule has 6 nitrogen and oxygen atoms in total. The van der Waals surface area contributed by atoms with E-state index in [1.807, 2.05) is 19.9 Å². The molecule has 2 heterocycles. The lowest BCUT2D eigenvalue weighted by Gasteiger charge is -2.18. The van der Waals surface area contributed by atoms with Crippen LogP contribution in [0.1, 0.15) is 26.1 Å². The van der Waals surface area contributed by atoms with Gasteiger partial charge < -0.3 is 16.0 Å². The monoisotopic (exact) mass is 263 g/mol. The Morgan fingerprint density at radius 2 is 2.32 bits per heavy atom. The quantitative estimate of drug-likeness (QED) is 0.820. The van der Waals surface area contributed by atoms with Crippen LogP contribution < -0.4 is 16.0 Å². The lowest BCUT2D eigenvalue weighted by Crippen LogP contribution is -2.28. The third-order valence-corrected chi connectivity index (χ3v) is 3.35. The summed E-state index contributed by atoms with van der Waals surface area (Å²) in [5, 5.41) is 3.21. The number of aromatic nitrogens is 2. The maximum Gasteiger partial charge on any atom is 0.222 e. The summed E-state index contributed by atoms with van der Waals surface area (Å²) >= 11 is 0. The number of nitrogens with zero attached hydrogens (tertiary/aromatic N) is 3. The fraction of sp³-hybridized carbons (Fsp3) is 0.615. The third kappa shape index (κ3) is 3.13. The normalized spacial score (nSPS) is 18.6. The maximum atomic E-state index is 11.2. The highest BCUT2D eigenvalue weighted by atomic mass is 16.1. The number of rotatable bonds is 5. The van der Waals surface area contributed by atoms with E-state index in [9.17, 15) is 4.79 Å². The fourth-order valence-electron chi connectivity index (χ4n) is 2.28. The molecule has 0 bridgehead atoms. The van der Waals surface area contributed by atoms with Gasteiger partial charge in [0.25, 0.3) is 0 Å². The van der Waals surface area contributed by atoms with E-state index in [-0.39, 0.29) is 11.8 Å². The Kier molecular flexibility index (Phi) is 4.19. The first-order valence-electron chi connectivity index (χ1n) is 6.80. The Morgan fingerprint density at radius 3 is 2.89 bits per heavy atom. The van der Waals surface area contributed by atoms with Gasteiger partial charge in [-0.25, -0.2) is 9.97 Å². The van der Waals surface area contributed by atoms with Crippen molar-refractivity contribution in [2.24, 2.45) is 11.7 Å². The standard InChI is InChI=1S/C13H21N5O/c1-3-10-16-11(15-4-2)7-12(17-10)18-6-5-9(8-18)13(14)19/h7,9H,3-6,8H2,1-2H3,(H2,14,19)(H,15,16,17). The van der Waals surface area contributed by atoms with E-state index in [1.165, 1.54) is 0 Å². The van der Waals surface area contributed by atoms with Gasteiger partial charge in [0.2, 0.25) is 5.91 Å². The first-order valence-corrected chi connectivity index (χ1v) is 6.80. The van der Waals surface area contributed by atoms with Crippen LogP contribution in [0.2, 0.25) is 0 Å². The number of carbonyl (C=O) groups is 1. The van der Waals surface area contributed by atoms with Crippen molar-refractivity contribution >= 4 is 17.5 Å². The molecular weight excluding hydrogens is 242 g/mol. The summed E-state index contributed by atoms with van der Waals surface area (Å²) in [6, 6.07) is 1.94. The van der Waals surface area contributed by atoms with Crippen LogP contribution in [0.5, 0.6) is 0 Å². The van der Waals surface area contributed by atoms with Gasteiger partial charge in [0, 0.05) is 32.1 Å². The zero-order valence-electron chi connectivity index (χ0n) is 11.5. The predicted octanol–water partition coefficient (Wildman–Crippen LogP) is 0.782. The van der Waals surface area contributed by atoms with Gasteiger partial charge >= 0.3 is 0 Å². The van der Waals surface area contributed by atoms with E-state index >= 15 is 0 Å². The zero-order chi connectivity index (χ0) is 13.8. The number of nitrogens with one attached hydrogen (secondary N) is 1. The molecule has 0 spiro atoms. The molecule has 104 valence electrons. The van der Waals surface area contributed by atoms with Crippen LogP contribution in [0.4, 0.5) is 11.6 Å². The zero-order valence-corrected chi connectivity index (χ0v) is 11.5.